The minimum Gasteiger partial charge on any atom is -0.0882 e. The second-order valence-corrected chi connectivity index (χ2v) is 4.38. The van der Waals surface area contributed by atoms with Gasteiger partial charge in [0.25, 0.3) is 0 Å². The van der Waals surface area contributed by atoms with Crippen LogP contribution < -0.4 is 0 Å². The van der Waals surface area contributed by atoms with Crippen LogP contribution in [0.15, 0.2) is 36.5 Å². The lowest BCUT2D eigenvalue weighted by Crippen LogP contribution is -1.73. The molecule has 0 aliphatic rings. The van der Waals surface area contributed by atoms with Crippen molar-refractivity contribution in [2.75, 3.05) is 0 Å². The summed E-state index contributed by atoms with van der Waals surface area (Å²) in [5, 5.41) is 0. The molecule has 0 atom stereocenters. The van der Waals surface area contributed by atoms with Crippen molar-refractivity contribution in [3.63, 3.8) is 0 Å². The van der Waals surface area contributed by atoms with Gasteiger partial charge in [-0.3, -0.25) is 0 Å². The lowest BCUT2D eigenvalue weighted by atomic mass is 10.1. The first-order valence-corrected chi connectivity index (χ1v) is 7.16. The average Bonchev–Trinajstić information content (AvgIpc) is 2.35. The molecule has 0 amide bonds. The van der Waals surface area contributed by atoms with E-state index in [4.69, 9.17) is 0 Å². The van der Waals surface area contributed by atoms with Gasteiger partial charge in [0.15, 0.2) is 0 Å². The number of hydrogen-bond acceptors (Lipinski definition) is 0. The van der Waals surface area contributed by atoms with E-state index in [1.807, 2.05) is 0 Å². The minimum atomic E-state index is 1.00. The molecule has 97 valence electrons. The summed E-state index contributed by atoms with van der Waals surface area (Å²) in [6, 6.07) is 0. The maximum atomic E-state index is 3.80. The molecule has 0 aromatic rings. The zero-order valence-corrected chi connectivity index (χ0v) is 11.5. The predicted octanol–water partition coefficient (Wildman–Crippen LogP) is 6.02. The van der Waals surface area contributed by atoms with Gasteiger partial charge >= 0.3 is 0 Å². The fourth-order valence-corrected chi connectivity index (χ4v) is 1.58. The number of hydrogen-bond donors (Lipinski definition) is 0. The van der Waals surface area contributed by atoms with Gasteiger partial charge in [-0.2, -0.15) is 0 Å². The zero-order valence-electron chi connectivity index (χ0n) is 11.5. The third kappa shape index (κ3) is 15.2. The van der Waals surface area contributed by atoms with E-state index in [-0.39, 0.29) is 0 Å². The summed E-state index contributed by atoms with van der Waals surface area (Å²) < 4.78 is 0. The van der Waals surface area contributed by atoms with E-state index >= 15 is 0 Å². The summed E-state index contributed by atoms with van der Waals surface area (Å²) in [5.41, 5.74) is 0. The highest BCUT2D eigenvalue weighted by atomic mass is 13.9. The molecule has 0 heteroatoms. The van der Waals surface area contributed by atoms with E-state index < -0.39 is 0 Å². The molecule has 0 heterocycles. The summed E-state index contributed by atoms with van der Waals surface area (Å²) in [7, 11) is 0. The van der Waals surface area contributed by atoms with Crippen molar-refractivity contribution < 1.29 is 0 Å². The Bertz CT molecular complexity index is 208. The van der Waals surface area contributed by atoms with Crippen LogP contribution in [0.4, 0.5) is 0 Å². The second kappa shape index (κ2) is 15.2. The lowest BCUT2D eigenvalue weighted by Gasteiger charge is -1.93. The molecule has 0 saturated heterocycles. The van der Waals surface area contributed by atoms with Gasteiger partial charge in [0.2, 0.25) is 0 Å². The monoisotopic (exact) mass is 233 g/mol. The average molecular weight is 233 g/mol. The van der Waals surface area contributed by atoms with Gasteiger partial charge in [-0.25, -0.2) is 0 Å². The van der Waals surface area contributed by atoms with Crippen molar-refractivity contribution in [2.24, 2.45) is 0 Å². The Morgan fingerprint density at radius 1 is 0.706 bits per heavy atom. The van der Waals surface area contributed by atoms with Crippen LogP contribution in [0, 0.1) is 6.92 Å². The molecule has 0 aromatic carbocycles. The molecule has 1 radical (unpaired) electrons. The summed E-state index contributed by atoms with van der Waals surface area (Å²) in [6.07, 6.45) is 24.4. The van der Waals surface area contributed by atoms with Gasteiger partial charge in [0, 0.05) is 0 Å². The Kier molecular flexibility index (Phi) is 14.5. The molecule has 0 fully saturated rings. The van der Waals surface area contributed by atoms with E-state index in [0.29, 0.717) is 0 Å². The molecular weight excluding hydrogens is 204 g/mol. The molecule has 0 saturated carbocycles. The van der Waals surface area contributed by atoms with Crippen molar-refractivity contribution in [1.29, 1.82) is 0 Å². The van der Waals surface area contributed by atoms with Gasteiger partial charge in [-0.15, -0.1) is 0 Å². The molecule has 0 spiro atoms. The van der Waals surface area contributed by atoms with Gasteiger partial charge in [0.05, 0.1) is 0 Å². The third-order valence-corrected chi connectivity index (χ3v) is 2.64. The third-order valence-electron chi connectivity index (χ3n) is 2.64. The maximum absolute atomic E-state index is 3.80. The molecule has 0 nitrogen and oxygen atoms in total. The normalized spacial score (nSPS) is 12.4. The maximum Gasteiger partial charge on any atom is -0.0169 e. The van der Waals surface area contributed by atoms with Crippen LogP contribution in [0.2, 0.25) is 0 Å². The first-order chi connectivity index (χ1) is 8.41. The molecule has 17 heavy (non-hydrogen) atoms. The molecule has 0 aliphatic carbocycles. The summed E-state index contributed by atoms with van der Waals surface area (Å²) in [5.74, 6) is 0. The highest BCUT2D eigenvalue weighted by Gasteiger charge is 1.83. The number of allylic oxidation sites excluding steroid dienone is 6. The van der Waals surface area contributed by atoms with Gasteiger partial charge in [0.1, 0.15) is 0 Å². The first-order valence-electron chi connectivity index (χ1n) is 7.16. The quantitative estimate of drug-likeness (QED) is 0.302. The molecule has 0 aromatic heterocycles. The van der Waals surface area contributed by atoms with E-state index in [0.717, 1.165) is 25.7 Å². The SMILES string of the molecule is [CH2]CCC=CCC=CCC=CCCCCCC. The van der Waals surface area contributed by atoms with Crippen LogP contribution in [-0.2, 0) is 0 Å². The molecule has 0 aliphatic heterocycles. The van der Waals surface area contributed by atoms with Crippen molar-refractivity contribution in [3.8, 4) is 0 Å². The molecule has 0 N–H and O–H groups in total. The number of rotatable bonds is 11. The fourth-order valence-electron chi connectivity index (χ4n) is 1.58. The molecule has 0 bridgehead atoms. The van der Waals surface area contributed by atoms with Gasteiger partial charge in [-0.1, -0.05) is 69.6 Å². The van der Waals surface area contributed by atoms with E-state index in [1.54, 1.807) is 0 Å². The molecule has 0 rings (SSSR count). The fraction of sp³-hybridized carbons (Fsp3) is 0.588. The largest absolute Gasteiger partial charge is 0.0882 e. The number of unbranched alkanes of at least 4 members (excludes halogenated alkanes) is 5. The van der Waals surface area contributed by atoms with Crippen molar-refractivity contribution >= 4 is 0 Å². The smallest absolute Gasteiger partial charge is 0.0169 e. The highest BCUT2D eigenvalue weighted by molar-refractivity contribution is 4.97. The van der Waals surface area contributed by atoms with E-state index in [9.17, 15) is 0 Å². The van der Waals surface area contributed by atoms with Crippen LogP contribution in [0.5, 0.6) is 0 Å². The Hall–Kier alpha value is -0.780. The second-order valence-electron chi connectivity index (χ2n) is 4.38. The standard InChI is InChI=1S/C17H29/c1-3-5-7-9-11-13-15-17-16-14-12-10-8-6-4-2/h7,9,13-16H,1,3-6,8,10-12,17H2,2H3. The molecular formula is C17H29. The Labute approximate surface area is 109 Å². The zero-order chi connectivity index (χ0) is 12.6. The van der Waals surface area contributed by atoms with Crippen LogP contribution in [0.25, 0.3) is 0 Å². The summed E-state index contributed by atoms with van der Waals surface area (Å²) in [6.45, 7) is 6.06. The highest BCUT2D eigenvalue weighted by Crippen LogP contribution is 2.03. The summed E-state index contributed by atoms with van der Waals surface area (Å²) >= 11 is 0. The Morgan fingerprint density at radius 3 is 1.88 bits per heavy atom. The van der Waals surface area contributed by atoms with E-state index in [1.165, 1.54) is 32.1 Å². The van der Waals surface area contributed by atoms with Crippen LogP contribution in [0.3, 0.4) is 0 Å². The Balaban J connectivity index is 3.25. The van der Waals surface area contributed by atoms with E-state index in [2.05, 4.69) is 50.3 Å². The molecule has 0 unspecified atom stereocenters. The van der Waals surface area contributed by atoms with Crippen LogP contribution in [-0.4, -0.2) is 0 Å². The topological polar surface area (TPSA) is 0 Å². The van der Waals surface area contributed by atoms with Gasteiger partial charge < -0.3 is 0 Å². The lowest BCUT2D eigenvalue weighted by molar-refractivity contribution is 0.674. The Morgan fingerprint density at radius 2 is 1.29 bits per heavy atom. The van der Waals surface area contributed by atoms with Gasteiger partial charge in [-0.05, 0) is 38.5 Å². The van der Waals surface area contributed by atoms with Crippen molar-refractivity contribution in [3.05, 3.63) is 43.4 Å². The first kappa shape index (κ1) is 16.2. The van der Waals surface area contributed by atoms with Crippen LogP contribution >= 0.6 is 0 Å². The predicted molar refractivity (Wildman–Crippen MR) is 80.0 cm³/mol. The van der Waals surface area contributed by atoms with Crippen LogP contribution in [0.1, 0.15) is 64.7 Å². The summed E-state index contributed by atoms with van der Waals surface area (Å²) in [4.78, 5) is 0. The minimum absolute atomic E-state index is 1.00. The van der Waals surface area contributed by atoms with Crippen molar-refractivity contribution in [1.82, 2.24) is 0 Å². The van der Waals surface area contributed by atoms with Crippen molar-refractivity contribution in [2.45, 2.75) is 64.7 Å².